The van der Waals surface area contributed by atoms with E-state index >= 15 is 0 Å². The van der Waals surface area contributed by atoms with E-state index in [1.54, 1.807) is 12.3 Å². The van der Waals surface area contributed by atoms with Crippen LogP contribution in [0.2, 0.25) is 0 Å². The van der Waals surface area contributed by atoms with E-state index in [1.807, 2.05) is 13.1 Å². The largest absolute Gasteiger partial charge is 0.387 e. The second-order valence-corrected chi connectivity index (χ2v) is 5.38. The van der Waals surface area contributed by atoms with Crippen molar-refractivity contribution in [1.82, 2.24) is 10.3 Å². The van der Waals surface area contributed by atoms with Crippen LogP contribution in [0.5, 0.6) is 0 Å². The smallest absolute Gasteiger partial charge is 0.269 e. The molecule has 1 saturated carbocycles. The minimum Gasteiger partial charge on any atom is -0.387 e. The molecule has 1 aliphatic rings. The summed E-state index contributed by atoms with van der Waals surface area (Å²) in [6, 6.07) is 3.60. The minimum absolute atomic E-state index is 0.0791. The van der Waals surface area contributed by atoms with Crippen molar-refractivity contribution in [2.24, 2.45) is 11.3 Å². The summed E-state index contributed by atoms with van der Waals surface area (Å²) in [5, 5.41) is 5.98. The summed E-state index contributed by atoms with van der Waals surface area (Å²) in [5.74, 6) is 0.544. The van der Waals surface area contributed by atoms with Crippen molar-refractivity contribution in [3.63, 3.8) is 0 Å². The van der Waals surface area contributed by atoms with Gasteiger partial charge in [0.1, 0.15) is 5.69 Å². The molecule has 0 aromatic carbocycles. The Balaban J connectivity index is 1.91. The molecule has 0 spiro atoms. The first-order valence-corrected chi connectivity index (χ1v) is 6.49. The van der Waals surface area contributed by atoms with E-state index in [9.17, 15) is 4.79 Å². The van der Waals surface area contributed by atoms with Gasteiger partial charge in [0, 0.05) is 13.6 Å². The van der Waals surface area contributed by atoms with Crippen LogP contribution in [0.25, 0.3) is 0 Å². The minimum atomic E-state index is -0.0791. The summed E-state index contributed by atoms with van der Waals surface area (Å²) in [6.07, 6.45) is 4.11. The standard InChI is InChI=1S/C14H21N3O/c1-10(2)14(6-7-14)9-17-13(18)12-5-4-11(15-3)8-16-12/h4-5,8,10,15H,6-7,9H2,1-3H3,(H,17,18). The van der Waals surface area contributed by atoms with Gasteiger partial charge in [-0.1, -0.05) is 13.8 Å². The monoisotopic (exact) mass is 247 g/mol. The van der Waals surface area contributed by atoms with Crippen molar-refractivity contribution in [3.05, 3.63) is 24.0 Å². The van der Waals surface area contributed by atoms with Gasteiger partial charge >= 0.3 is 0 Å². The molecule has 1 aromatic rings. The first-order chi connectivity index (χ1) is 8.57. The number of anilines is 1. The molecule has 0 unspecified atom stereocenters. The van der Waals surface area contributed by atoms with Gasteiger partial charge in [0.2, 0.25) is 0 Å². The van der Waals surface area contributed by atoms with E-state index in [4.69, 9.17) is 0 Å². The van der Waals surface area contributed by atoms with E-state index in [0.717, 1.165) is 12.2 Å². The summed E-state index contributed by atoms with van der Waals surface area (Å²) < 4.78 is 0. The zero-order valence-corrected chi connectivity index (χ0v) is 11.3. The highest BCUT2D eigenvalue weighted by molar-refractivity contribution is 5.92. The lowest BCUT2D eigenvalue weighted by atomic mass is 9.92. The number of carbonyl (C=O) groups excluding carboxylic acids is 1. The Hall–Kier alpha value is -1.58. The number of pyridine rings is 1. The zero-order valence-electron chi connectivity index (χ0n) is 11.3. The summed E-state index contributed by atoms with van der Waals surface area (Å²) in [5.41, 5.74) is 1.72. The summed E-state index contributed by atoms with van der Waals surface area (Å²) >= 11 is 0. The van der Waals surface area contributed by atoms with Gasteiger partial charge in [-0.05, 0) is 36.3 Å². The Kier molecular flexibility index (Phi) is 3.55. The molecule has 1 aromatic heterocycles. The maximum Gasteiger partial charge on any atom is 0.269 e. The molecule has 4 heteroatoms. The summed E-state index contributed by atoms with van der Waals surface area (Å²) in [7, 11) is 1.83. The first-order valence-electron chi connectivity index (χ1n) is 6.49. The first kappa shape index (κ1) is 12.9. The normalized spacial score (nSPS) is 16.4. The van der Waals surface area contributed by atoms with Crippen LogP contribution in [-0.4, -0.2) is 24.5 Å². The second kappa shape index (κ2) is 4.96. The SMILES string of the molecule is CNc1ccc(C(=O)NCC2(C(C)C)CC2)nc1. The fourth-order valence-electron chi connectivity index (χ4n) is 2.14. The maximum atomic E-state index is 11.9. The van der Waals surface area contributed by atoms with Gasteiger partial charge in [0.15, 0.2) is 0 Å². The van der Waals surface area contributed by atoms with Gasteiger partial charge in [0.05, 0.1) is 11.9 Å². The van der Waals surface area contributed by atoms with Gasteiger partial charge in [-0.15, -0.1) is 0 Å². The molecule has 0 radical (unpaired) electrons. The Morgan fingerprint density at radius 2 is 2.17 bits per heavy atom. The second-order valence-electron chi connectivity index (χ2n) is 5.38. The molecule has 2 rings (SSSR count). The lowest BCUT2D eigenvalue weighted by Crippen LogP contribution is -2.33. The molecule has 0 saturated heterocycles. The van der Waals surface area contributed by atoms with Crippen LogP contribution < -0.4 is 10.6 Å². The van der Waals surface area contributed by atoms with E-state index in [-0.39, 0.29) is 5.91 Å². The van der Waals surface area contributed by atoms with Crippen molar-refractivity contribution in [2.75, 3.05) is 18.9 Å². The van der Waals surface area contributed by atoms with Crippen LogP contribution >= 0.6 is 0 Å². The van der Waals surface area contributed by atoms with Gasteiger partial charge in [-0.3, -0.25) is 4.79 Å². The van der Waals surface area contributed by atoms with Crippen molar-refractivity contribution in [2.45, 2.75) is 26.7 Å². The molecule has 1 amide bonds. The Labute approximate surface area is 108 Å². The number of rotatable bonds is 5. The van der Waals surface area contributed by atoms with E-state index in [0.29, 0.717) is 17.0 Å². The van der Waals surface area contributed by atoms with Crippen molar-refractivity contribution < 1.29 is 4.79 Å². The molecule has 98 valence electrons. The third-order valence-electron chi connectivity index (χ3n) is 4.00. The van der Waals surface area contributed by atoms with Gasteiger partial charge in [-0.25, -0.2) is 4.98 Å². The fourth-order valence-corrected chi connectivity index (χ4v) is 2.14. The molecule has 0 atom stereocenters. The number of amides is 1. The van der Waals surface area contributed by atoms with Crippen LogP contribution in [0.1, 0.15) is 37.2 Å². The van der Waals surface area contributed by atoms with E-state index < -0.39 is 0 Å². The molecule has 2 N–H and O–H groups in total. The number of nitrogens with one attached hydrogen (secondary N) is 2. The number of nitrogens with zero attached hydrogens (tertiary/aromatic N) is 1. The molecule has 0 aliphatic heterocycles. The maximum absolute atomic E-state index is 11.9. The molecule has 1 aliphatic carbocycles. The van der Waals surface area contributed by atoms with Crippen LogP contribution in [0.4, 0.5) is 5.69 Å². The van der Waals surface area contributed by atoms with Gasteiger partial charge in [0.25, 0.3) is 5.91 Å². The highest BCUT2D eigenvalue weighted by atomic mass is 16.1. The Bertz CT molecular complexity index is 421. The molecular formula is C14H21N3O. The predicted molar refractivity (Wildman–Crippen MR) is 72.6 cm³/mol. The van der Waals surface area contributed by atoms with E-state index in [2.05, 4.69) is 29.5 Å². The number of aromatic nitrogens is 1. The van der Waals surface area contributed by atoms with Crippen molar-refractivity contribution >= 4 is 11.6 Å². The Morgan fingerprint density at radius 1 is 1.44 bits per heavy atom. The highest BCUT2D eigenvalue weighted by Gasteiger charge is 2.45. The summed E-state index contributed by atoms with van der Waals surface area (Å²) in [4.78, 5) is 16.1. The molecule has 4 nitrogen and oxygen atoms in total. The quantitative estimate of drug-likeness (QED) is 0.839. The van der Waals surface area contributed by atoms with Crippen LogP contribution in [0.15, 0.2) is 18.3 Å². The topological polar surface area (TPSA) is 54.0 Å². The van der Waals surface area contributed by atoms with E-state index in [1.165, 1.54) is 12.8 Å². The average molecular weight is 247 g/mol. The molecule has 1 heterocycles. The number of hydrogen-bond acceptors (Lipinski definition) is 3. The third-order valence-corrected chi connectivity index (χ3v) is 4.00. The lowest BCUT2D eigenvalue weighted by molar-refractivity contribution is 0.0935. The number of hydrogen-bond donors (Lipinski definition) is 2. The van der Waals surface area contributed by atoms with Crippen molar-refractivity contribution in [3.8, 4) is 0 Å². The molecule has 18 heavy (non-hydrogen) atoms. The zero-order chi connectivity index (χ0) is 13.2. The average Bonchev–Trinajstić information content (AvgIpc) is 3.17. The van der Waals surface area contributed by atoms with Crippen LogP contribution in [-0.2, 0) is 0 Å². The molecular weight excluding hydrogens is 226 g/mol. The van der Waals surface area contributed by atoms with Gasteiger partial charge < -0.3 is 10.6 Å². The fraction of sp³-hybridized carbons (Fsp3) is 0.571. The summed E-state index contributed by atoms with van der Waals surface area (Å²) in [6.45, 7) is 5.21. The van der Waals surface area contributed by atoms with Crippen molar-refractivity contribution in [1.29, 1.82) is 0 Å². The molecule has 1 fully saturated rings. The van der Waals surface area contributed by atoms with Gasteiger partial charge in [-0.2, -0.15) is 0 Å². The van der Waals surface area contributed by atoms with Crippen LogP contribution in [0, 0.1) is 11.3 Å². The number of carbonyl (C=O) groups is 1. The Morgan fingerprint density at radius 3 is 2.61 bits per heavy atom. The molecule has 0 bridgehead atoms. The lowest BCUT2D eigenvalue weighted by Gasteiger charge is -2.19. The highest BCUT2D eigenvalue weighted by Crippen LogP contribution is 2.51. The van der Waals surface area contributed by atoms with Crippen LogP contribution in [0.3, 0.4) is 0 Å². The predicted octanol–water partition coefficient (Wildman–Crippen LogP) is 2.29. The third kappa shape index (κ3) is 2.63.